The molecule has 26 heavy (non-hydrogen) atoms. The van der Waals surface area contributed by atoms with Gasteiger partial charge >= 0.3 is 5.97 Å². The van der Waals surface area contributed by atoms with Crippen LogP contribution in [0.3, 0.4) is 0 Å². The fourth-order valence-electron chi connectivity index (χ4n) is 3.56. The first-order valence-electron chi connectivity index (χ1n) is 9.05. The van der Waals surface area contributed by atoms with E-state index >= 15 is 0 Å². The van der Waals surface area contributed by atoms with Crippen LogP contribution >= 0.6 is 0 Å². The van der Waals surface area contributed by atoms with E-state index in [9.17, 15) is 9.90 Å². The standard InChI is InChI=1S/C21H21N3O2/c25-21(26)16-10-11-17-18(12-16)24-20(22-13-14-6-4-5-7-14)19(23-17)15-8-2-1-3-9-15/h1-3,8-12,14H,4-7,13H2,(H,22,24)(H,25,26). The van der Waals surface area contributed by atoms with Gasteiger partial charge in [-0.15, -0.1) is 0 Å². The van der Waals surface area contributed by atoms with Crippen molar-refractivity contribution in [2.75, 3.05) is 11.9 Å². The van der Waals surface area contributed by atoms with Gasteiger partial charge in [-0.25, -0.2) is 14.8 Å². The molecule has 1 heterocycles. The fraction of sp³-hybridized carbons (Fsp3) is 0.286. The Morgan fingerprint density at radius 2 is 1.81 bits per heavy atom. The predicted octanol–water partition coefficient (Wildman–Crippen LogP) is 4.60. The molecule has 1 fully saturated rings. The van der Waals surface area contributed by atoms with Gasteiger partial charge in [0.05, 0.1) is 16.6 Å². The minimum atomic E-state index is -0.957. The molecule has 0 unspecified atom stereocenters. The number of carboxylic acid groups (broad SMARTS) is 1. The maximum atomic E-state index is 11.3. The molecule has 0 bridgehead atoms. The first-order valence-corrected chi connectivity index (χ1v) is 9.05. The molecule has 1 aromatic heterocycles. The van der Waals surface area contributed by atoms with E-state index in [0.717, 1.165) is 23.6 Å². The van der Waals surface area contributed by atoms with E-state index in [2.05, 4.69) is 5.32 Å². The number of hydrogen-bond acceptors (Lipinski definition) is 4. The first kappa shape index (κ1) is 16.5. The lowest BCUT2D eigenvalue weighted by molar-refractivity contribution is 0.0697. The number of nitrogens with one attached hydrogen (secondary N) is 1. The van der Waals surface area contributed by atoms with Gasteiger partial charge in [-0.1, -0.05) is 43.2 Å². The van der Waals surface area contributed by atoms with Crippen molar-refractivity contribution in [3.05, 3.63) is 54.1 Å². The Bertz CT molecular complexity index is 935. The van der Waals surface area contributed by atoms with Crippen molar-refractivity contribution in [3.8, 4) is 11.3 Å². The van der Waals surface area contributed by atoms with E-state index in [1.54, 1.807) is 18.2 Å². The van der Waals surface area contributed by atoms with E-state index in [0.29, 0.717) is 17.0 Å². The summed E-state index contributed by atoms with van der Waals surface area (Å²) in [5.74, 6) is 0.431. The molecule has 1 aliphatic carbocycles. The van der Waals surface area contributed by atoms with Crippen LogP contribution in [-0.4, -0.2) is 27.6 Å². The van der Waals surface area contributed by atoms with Gasteiger partial charge < -0.3 is 10.4 Å². The molecule has 2 N–H and O–H groups in total. The summed E-state index contributed by atoms with van der Waals surface area (Å²) < 4.78 is 0. The minimum absolute atomic E-state index is 0.223. The van der Waals surface area contributed by atoms with E-state index < -0.39 is 5.97 Å². The number of anilines is 1. The summed E-state index contributed by atoms with van der Waals surface area (Å²) >= 11 is 0. The van der Waals surface area contributed by atoms with Crippen molar-refractivity contribution in [2.45, 2.75) is 25.7 Å². The molecule has 0 amide bonds. The molecule has 0 saturated heterocycles. The lowest BCUT2D eigenvalue weighted by atomic mass is 10.1. The Hall–Kier alpha value is -2.95. The monoisotopic (exact) mass is 347 g/mol. The molecule has 0 spiro atoms. The topological polar surface area (TPSA) is 75.1 Å². The van der Waals surface area contributed by atoms with Crippen LogP contribution in [0.25, 0.3) is 22.3 Å². The average Bonchev–Trinajstić information content (AvgIpc) is 3.19. The smallest absolute Gasteiger partial charge is 0.335 e. The molecule has 4 rings (SSSR count). The van der Waals surface area contributed by atoms with Crippen LogP contribution in [-0.2, 0) is 0 Å². The number of nitrogens with zero attached hydrogens (tertiary/aromatic N) is 2. The lowest BCUT2D eigenvalue weighted by Gasteiger charge is -2.15. The summed E-state index contributed by atoms with van der Waals surface area (Å²) in [6, 6.07) is 14.8. The molecule has 0 atom stereocenters. The number of hydrogen-bond donors (Lipinski definition) is 2. The largest absolute Gasteiger partial charge is 0.478 e. The van der Waals surface area contributed by atoms with Crippen LogP contribution in [0.1, 0.15) is 36.0 Å². The number of benzene rings is 2. The number of rotatable bonds is 5. The third-order valence-electron chi connectivity index (χ3n) is 4.99. The Balaban J connectivity index is 1.76. The van der Waals surface area contributed by atoms with Gasteiger partial charge in [0.25, 0.3) is 0 Å². The second kappa shape index (κ2) is 7.12. The maximum Gasteiger partial charge on any atom is 0.335 e. The van der Waals surface area contributed by atoms with Gasteiger partial charge in [-0.3, -0.25) is 0 Å². The third-order valence-corrected chi connectivity index (χ3v) is 4.99. The zero-order chi connectivity index (χ0) is 17.9. The average molecular weight is 347 g/mol. The summed E-state index contributed by atoms with van der Waals surface area (Å²) in [6.07, 6.45) is 5.09. The Morgan fingerprint density at radius 1 is 1.04 bits per heavy atom. The van der Waals surface area contributed by atoms with E-state index in [1.807, 2.05) is 30.3 Å². The quantitative estimate of drug-likeness (QED) is 0.705. The molecule has 5 nitrogen and oxygen atoms in total. The van der Waals surface area contributed by atoms with Gasteiger partial charge in [-0.2, -0.15) is 0 Å². The normalized spacial score (nSPS) is 14.6. The van der Waals surface area contributed by atoms with E-state index in [-0.39, 0.29) is 5.56 Å². The lowest BCUT2D eigenvalue weighted by Crippen LogP contribution is -2.13. The second-order valence-electron chi connectivity index (χ2n) is 6.83. The summed E-state index contributed by atoms with van der Waals surface area (Å²) in [5, 5.41) is 12.7. The van der Waals surface area contributed by atoms with Crippen molar-refractivity contribution >= 4 is 22.8 Å². The fourth-order valence-corrected chi connectivity index (χ4v) is 3.56. The first-order chi connectivity index (χ1) is 12.7. The molecule has 1 aliphatic rings. The van der Waals surface area contributed by atoms with Gasteiger partial charge in [0.2, 0.25) is 0 Å². The van der Waals surface area contributed by atoms with Crippen LogP contribution in [0.5, 0.6) is 0 Å². The molecular weight excluding hydrogens is 326 g/mol. The predicted molar refractivity (Wildman–Crippen MR) is 102 cm³/mol. The van der Waals surface area contributed by atoms with E-state index in [4.69, 9.17) is 9.97 Å². The number of carboxylic acids is 1. The molecular formula is C21H21N3O2. The van der Waals surface area contributed by atoms with Crippen LogP contribution in [0.2, 0.25) is 0 Å². The number of aromatic nitrogens is 2. The molecule has 132 valence electrons. The highest BCUT2D eigenvalue weighted by molar-refractivity contribution is 5.93. The summed E-state index contributed by atoms with van der Waals surface area (Å²) in [4.78, 5) is 20.7. The summed E-state index contributed by atoms with van der Waals surface area (Å²) in [5.41, 5.74) is 3.32. The summed E-state index contributed by atoms with van der Waals surface area (Å²) in [7, 11) is 0. The molecule has 2 aromatic carbocycles. The Labute approximate surface area is 152 Å². The maximum absolute atomic E-state index is 11.3. The van der Waals surface area contributed by atoms with Crippen LogP contribution in [0.15, 0.2) is 48.5 Å². The Morgan fingerprint density at radius 3 is 2.54 bits per heavy atom. The third kappa shape index (κ3) is 3.38. The van der Waals surface area contributed by atoms with Crippen LogP contribution in [0.4, 0.5) is 5.82 Å². The molecule has 1 saturated carbocycles. The molecule has 3 aromatic rings. The molecule has 5 heteroatoms. The van der Waals surface area contributed by atoms with Gasteiger partial charge in [0.1, 0.15) is 5.69 Å². The molecule has 0 aliphatic heterocycles. The Kier molecular flexibility index (Phi) is 4.52. The van der Waals surface area contributed by atoms with Crippen LogP contribution < -0.4 is 5.32 Å². The van der Waals surface area contributed by atoms with Crippen LogP contribution in [0, 0.1) is 5.92 Å². The van der Waals surface area contributed by atoms with Gasteiger partial charge in [0.15, 0.2) is 5.82 Å². The van der Waals surface area contributed by atoms with E-state index in [1.165, 1.54) is 25.7 Å². The van der Waals surface area contributed by atoms with Crippen molar-refractivity contribution in [2.24, 2.45) is 5.92 Å². The van der Waals surface area contributed by atoms with Gasteiger partial charge in [-0.05, 0) is 37.0 Å². The minimum Gasteiger partial charge on any atom is -0.478 e. The highest BCUT2D eigenvalue weighted by Crippen LogP contribution is 2.29. The highest BCUT2D eigenvalue weighted by Gasteiger charge is 2.17. The number of fused-ring (bicyclic) bond motifs is 1. The number of aromatic carboxylic acids is 1. The number of carbonyl (C=O) groups is 1. The van der Waals surface area contributed by atoms with Crippen molar-refractivity contribution < 1.29 is 9.90 Å². The zero-order valence-corrected chi connectivity index (χ0v) is 14.5. The van der Waals surface area contributed by atoms with Crippen molar-refractivity contribution in [1.29, 1.82) is 0 Å². The highest BCUT2D eigenvalue weighted by atomic mass is 16.4. The molecule has 0 radical (unpaired) electrons. The zero-order valence-electron chi connectivity index (χ0n) is 14.5. The van der Waals surface area contributed by atoms with Gasteiger partial charge in [0, 0.05) is 12.1 Å². The van der Waals surface area contributed by atoms with Crippen molar-refractivity contribution in [1.82, 2.24) is 9.97 Å². The SMILES string of the molecule is O=C(O)c1ccc2nc(-c3ccccc3)c(NCC3CCCC3)nc2c1. The summed E-state index contributed by atoms with van der Waals surface area (Å²) in [6.45, 7) is 0.874. The second-order valence-corrected chi connectivity index (χ2v) is 6.83. The van der Waals surface area contributed by atoms with Crippen molar-refractivity contribution in [3.63, 3.8) is 0 Å².